The average Bonchev–Trinajstić information content (AvgIpc) is 2.49. The lowest BCUT2D eigenvalue weighted by atomic mass is 10.2. The van der Waals surface area contributed by atoms with Gasteiger partial charge in [-0.25, -0.2) is 4.98 Å². The fourth-order valence-corrected chi connectivity index (χ4v) is 1.73. The predicted molar refractivity (Wildman–Crippen MR) is 77.6 cm³/mol. The van der Waals surface area contributed by atoms with E-state index in [2.05, 4.69) is 26.1 Å². The van der Waals surface area contributed by atoms with Gasteiger partial charge in [-0.05, 0) is 24.3 Å². The topological polar surface area (TPSA) is 124 Å². The zero-order chi connectivity index (χ0) is 15.4. The van der Waals surface area contributed by atoms with Gasteiger partial charge in [0, 0.05) is 22.3 Å². The minimum absolute atomic E-state index is 0.118. The van der Waals surface area contributed by atoms with E-state index in [0.29, 0.717) is 5.75 Å². The number of halogens is 1. The maximum Gasteiger partial charge on any atom is 0.332 e. The molecule has 0 bridgehead atoms. The minimum Gasteiger partial charge on any atom is -0.434 e. The third kappa shape index (κ3) is 3.45. The molecule has 0 saturated heterocycles. The molecule has 0 unspecified atom stereocenters. The normalized spacial score (nSPS) is 11.2. The summed E-state index contributed by atoms with van der Waals surface area (Å²) < 4.78 is 6.22. The number of hydrogen-bond acceptors (Lipinski definition) is 6. The van der Waals surface area contributed by atoms with Crippen LogP contribution in [0.2, 0.25) is 0 Å². The largest absolute Gasteiger partial charge is 0.434 e. The van der Waals surface area contributed by atoms with Crippen molar-refractivity contribution in [3.8, 4) is 11.6 Å². The first kappa shape index (κ1) is 14.7. The van der Waals surface area contributed by atoms with Crippen LogP contribution in [-0.4, -0.2) is 21.0 Å². The monoisotopic (exact) mass is 352 g/mol. The van der Waals surface area contributed by atoms with Crippen molar-refractivity contribution in [2.75, 3.05) is 0 Å². The number of nitrogens with zero attached hydrogens (tertiary/aromatic N) is 3. The van der Waals surface area contributed by atoms with Crippen molar-refractivity contribution in [2.24, 2.45) is 10.9 Å². The summed E-state index contributed by atoms with van der Waals surface area (Å²) in [6, 6.07) is 7.84. The lowest BCUT2D eigenvalue weighted by Gasteiger charge is -2.06. The molecule has 21 heavy (non-hydrogen) atoms. The van der Waals surface area contributed by atoms with Crippen molar-refractivity contribution < 1.29 is 14.9 Å². The second-order valence-electron chi connectivity index (χ2n) is 3.85. The van der Waals surface area contributed by atoms with Crippen LogP contribution >= 0.6 is 15.9 Å². The number of oxime groups is 1. The number of amidine groups is 1. The summed E-state index contributed by atoms with van der Waals surface area (Å²) in [5.74, 6) is -0.0667. The summed E-state index contributed by atoms with van der Waals surface area (Å²) in [5.41, 5.74) is 5.10. The van der Waals surface area contributed by atoms with Gasteiger partial charge in [0.15, 0.2) is 5.84 Å². The number of hydrogen-bond donors (Lipinski definition) is 2. The number of nitro groups is 1. The molecule has 1 aromatic heterocycles. The molecule has 0 aliphatic rings. The highest BCUT2D eigenvalue weighted by Gasteiger charge is 2.20. The molecule has 1 heterocycles. The Morgan fingerprint density at radius 3 is 2.67 bits per heavy atom. The third-order valence-corrected chi connectivity index (χ3v) is 2.99. The summed E-state index contributed by atoms with van der Waals surface area (Å²) in [5, 5.41) is 22.4. The standard InChI is InChI=1S/C12H9BrN4O4/c13-8-1-3-9(4-2-8)21-12-10(17(19)20)5-7(6-15-12)11(14)16-18/h1-6,18H,(H2,14,16). The zero-order valence-corrected chi connectivity index (χ0v) is 12.0. The molecule has 1 aromatic carbocycles. The highest BCUT2D eigenvalue weighted by Crippen LogP contribution is 2.30. The van der Waals surface area contributed by atoms with Crippen molar-refractivity contribution >= 4 is 27.5 Å². The van der Waals surface area contributed by atoms with Crippen LogP contribution < -0.4 is 10.5 Å². The van der Waals surface area contributed by atoms with E-state index in [0.717, 1.165) is 10.5 Å². The van der Waals surface area contributed by atoms with Gasteiger partial charge in [-0.3, -0.25) is 10.1 Å². The van der Waals surface area contributed by atoms with Crippen LogP contribution in [0.1, 0.15) is 5.56 Å². The van der Waals surface area contributed by atoms with E-state index in [-0.39, 0.29) is 23.0 Å². The molecule has 0 amide bonds. The Morgan fingerprint density at radius 1 is 1.43 bits per heavy atom. The van der Waals surface area contributed by atoms with Gasteiger partial charge < -0.3 is 15.7 Å². The second kappa shape index (κ2) is 6.18. The van der Waals surface area contributed by atoms with Gasteiger partial charge in [-0.1, -0.05) is 21.1 Å². The fourth-order valence-electron chi connectivity index (χ4n) is 1.46. The number of nitrogens with two attached hydrogens (primary N) is 1. The Morgan fingerprint density at radius 2 is 2.10 bits per heavy atom. The van der Waals surface area contributed by atoms with Crippen molar-refractivity contribution in [1.29, 1.82) is 0 Å². The minimum atomic E-state index is -0.657. The molecule has 8 nitrogen and oxygen atoms in total. The molecule has 108 valence electrons. The van der Waals surface area contributed by atoms with Crippen LogP contribution in [0.4, 0.5) is 5.69 Å². The Bertz CT molecular complexity index is 703. The molecule has 0 aliphatic carbocycles. The van der Waals surface area contributed by atoms with Crippen LogP contribution in [0.15, 0.2) is 46.2 Å². The molecule has 0 saturated carbocycles. The number of ether oxygens (including phenoxy) is 1. The van der Waals surface area contributed by atoms with E-state index >= 15 is 0 Å². The maximum atomic E-state index is 11.1. The van der Waals surface area contributed by atoms with E-state index in [4.69, 9.17) is 15.7 Å². The quantitative estimate of drug-likeness (QED) is 0.286. The molecule has 0 spiro atoms. The fraction of sp³-hybridized carbons (Fsp3) is 0. The van der Waals surface area contributed by atoms with E-state index < -0.39 is 4.92 Å². The predicted octanol–water partition coefficient (Wildman–Crippen LogP) is 2.64. The van der Waals surface area contributed by atoms with Crippen LogP contribution in [0.3, 0.4) is 0 Å². The van der Waals surface area contributed by atoms with Gasteiger partial charge in [-0.15, -0.1) is 0 Å². The number of aromatic nitrogens is 1. The molecule has 3 N–H and O–H groups in total. The summed E-state index contributed by atoms with van der Waals surface area (Å²) in [4.78, 5) is 14.2. The molecule has 9 heteroatoms. The number of benzene rings is 1. The summed E-state index contributed by atoms with van der Waals surface area (Å²) in [7, 11) is 0. The van der Waals surface area contributed by atoms with Gasteiger partial charge >= 0.3 is 5.69 Å². The molecule has 2 rings (SSSR count). The van der Waals surface area contributed by atoms with Gasteiger partial charge in [0.05, 0.1) is 4.92 Å². The van der Waals surface area contributed by atoms with Crippen LogP contribution in [0.5, 0.6) is 11.6 Å². The van der Waals surface area contributed by atoms with Crippen LogP contribution in [0.25, 0.3) is 0 Å². The van der Waals surface area contributed by atoms with Crippen LogP contribution in [0, 0.1) is 10.1 Å². The van der Waals surface area contributed by atoms with E-state index in [1.54, 1.807) is 24.3 Å². The van der Waals surface area contributed by atoms with Gasteiger partial charge in [0.25, 0.3) is 5.88 Å². The first-order valence-corrected chi connectivity index (χ1v) is 6.36. The highest BCUT2D eigenvalue weighted by molar-refractivity contribution is 9.10. The molecule has 0 aliphatic heterocycles. The summed E-state index contributed by atoms with van der Waals surface area (Å²) in [6.07, 6.45) is 1.22. The SMILES string of the molecule is N/C(=N/O)c1cnc(Oc2ccc(Br)cc2)c([N+](=O)[O-])c1. The molecule has 0 radical (unpaired) electrons. The van der Waals surface area contributed by atoms with E-state index in [1.807, 2.05) is 0 Å². The lowest BCUT2D eigenvalue weighted by molar-refractivity contribution is -0.386. The Balaban J connectivity index is 2.39. The van der Waals surface area contributed by atoms with Crippen molar-refractivity contribution in [1.82, 2.24) is 4.98 Å². The first-order chi connectivity index (χ1) is 10.0. The van der Waals surface area contributed by atoms with Crippen molar-refractivity contribution in [2.45, 2.75) is 0 Å². The number of pyridine rings is 1. The highest BCUT2D eigenvalue weighted by atomic mass is 79.9. The molecule has 0 fully saturated rings. The summed E-state index contributed by atoms with van der Waals surface area (Å²) in [6.45, 7) is 0. The Hall–Kier alpha value is -2.68. The van der Waals surface area contributed by atoms with Gasteiger partial charge in [0.2, 0.25) is 0 Å². The molecular formula is C12H9BrN4O4. The van der Waals surface area contributed by atoms with Crippen molar-refractivity contribution in [3.63, 3.8) is 0 Å². The Labute approximate surface area is 127 Å². The summed E-state index contributed by atoms with van der Waals surface area (Å²) >= 11 is 3.27. The third-order valence-electron chi connectivity index (χ3n) is 2.46. The van der Waals surface area contributed by atoms with Gasteiger partial charge in [-0.2, -0.15) is 0 Å². The zero-order valence-electron chi connectivity index (χ0n) is 10.4. The lowest BCUT2D eigenvalue weighted by Crippen LogP contribution is -2.14. The van der Waals surface area contributed by atoms with Crippen molar-refractivity contribution in [3.05, 3.63) is 56.7 Å². The van der Waals surface area contributed by atoms with Crippen LogP contribution in [-0.2, 0) is 0 Å². The molecular weight excluding hydrogens is 344 g/mol. The maximum absolute atomic E-state index is 11.1. The molecule has 0 atom stereocenters. The molecule has 2 aromatic rings. The smallest absolute Gasteiger partial charge is 0.332 e. The van der Waals surface area contributed by atoms with E-state index in [1.165, 1.54) is 6.20 Å². The number of rotatable bonds is 4. The second-order valence-corrected chi connectivity index (χ2v) is 4.76. The van der Waals surface area contributed by atoms with Gasteiger partial charge in [0.1, 0.15) is 5.75 Å². The first-order valence-electron chi connectivity index (χ1n) is 5.57. The van der Waals surface area contributed by atoms with E-state index in [9.17, 15) is 10.1 Å². The average molecular weight is 353 g/mol. The Kier molecular flexibility index (Phi) is 4.33.